The van der Waals surface area contributed by atoms with Crippen molar-refractivity contribution in [2.75, 3.05) is 5.88 Å². The number of aliphatic hydroxyl groups is 2. The van der Waals surface area contributed by atoms with Crippen molar-refractivity contribution in [3.63, 3.8) is 0 Å². The number of ketones is 2. The molecular formula is C27H30Cl2O7. The van der Waals surface area contributed by atoms with Crippen LogP contribution < -0.4 is 0 Å². The number of ether oxygens (including phenoxy) is 1. The average Bonchev–Trinajstić information content (AvgIpc) is 3.43. The lowest BCUT2D eigenvalue weighted by Gasteiger charge is -2.65. The maximum Gasteiger partial charge on any atom is 0.375 e. The molecule has 9 atom stereocenters. The highest BCUT2D eigenvalue weighted by atomic mass is 35.5. The Morgan fingerprint density at radius 1 is 1.28 bits per heavy atom. The number of esters is 1. The fraction of sp³-hybridized carbons (Fsp3) is 0.593. The summed E-state index contributed by atoms with van der Waals surface area (Å²) in [5.74, 6) is -3.37. The molecule has 1 unspecified atom stereocenters. The highest BCUT2D eigenvalue weighted by molar-refractivity contribution is 6.29. The number of carbonyl (C=O) groups excluding carboxylic acids is 3. The van der Waals surface area contributed by atoms with Gasteiger partial charge in [-0.05, 0) is 49.5 Å². The third-order valence-electron chi connectivity index (χ3n) is 9.70. The fourth-order valence-corrected chi connectivity index (χ4v) is 8.83. The van der Waals surface area contributed by atoms with Crippen LogP contribution in [0.1, 0.15) is 50.6 Å². The third kappa shape index (κ3) is 3.03. The van der Waals surface area contributed by atoms with Crippen LogP contribution in [0.3, 0.4) is 0 Å². The molecule has 0 bridgehead atoms. The summed E-state index contributed by atoms with van der Waals surface area (Å²) in [5, 5.41) is 23.2. The molecule has 4 aliphatic rings. The van der Waals surface area contributed by atoms with Crippen LogP contribution >= 0.6 is 23.2 Å². The second-order valence-corrected chi connectivity index (χ2v) is 12.1. The summed E-state index contributed by atoms with van der Waals surface area (Å²) in [6.07, 6.45) is 4.52. The van der Waals surface area contributed by atoms with E-state index in [9.17, 15) is 24.6 Å². The second kappa shape index (κ2) is 8.29. The number of allylic oxidation sites excluding steroid dienone is 3. The molecule has 5 rings (SSSR count). The summed E-state index contributed by atoms with van der Waals surface area (Å²) in [5.41, 5.74) is -2.94. The van der Waals surface area contributed by atoms with Crippen molar-refractivity contribution in [3.8, 4) is 0 Å². The Morgan fingerprint density at radius 2 is 2.00 bits per heavy atom. The van der Waals surface area contributed by atoms with Gasteiger partial charge in [0.15, 0.2) is 17.2 Å². The van der Waals surface area contributed by atoms with Gasteiger partial charge in [0.1, 0.15) is 0 Å². The molecule has 0 radical (unpaired) electrons. The van der Waals surface area contributed by atoms with Crippen molar-refractivity contribution in [2.45, 2.75) is 62.7 Å². The minimum Gasteiger partial charge on any atom is -0.457 e. The summed E-state index contributed by atoms with van der Waals surface area (Å²) < 4.78 is 11.3. The average molecular weight is 537 g/mol. The van der Waals surface area contributed by atoms with E-state index in [0.717, 1.165) is 0 Å². The maximum absolute atomic E-state index is 13.6. The van der Waals surface area contributed by atoms with Crippen LogP contribution in [0.5, 0.6) is 0 Å². The largest absolute Gasteiger partial charge is 0.457 e. The predicted molar refractivity (Wildman–Crippen MR) is 132 cm³/mol. The second-order valence-electron chi connectivity index (χ2n) is 11.2. The van der Waals surface area contributed by atoms with Crippen LogP contribution in [-0.2, 0) is 14.3 Å². The van der Waals surface area contributed by atoms with E-state index in [1.807, 2.05) is 20.8 Å². The van der Waals surface area contributed by atoms with Crippen molar-refractivity contribution in [2.24, 2.45) is 28.6 Å². The first-order valence-corrected chi connectivity index (χ1v) is 13.1. The lowest BCUT2D eigenvalue weighted by atomic mass is 9.45. The van der Waals surface area contributed by atoms with Crippen molar-refractivity contribution < 1.29 is 33.8 Å². The summed E-state index contributed by atoms with van der Waals surface area (Å²) in [4.78, 5) is 37.5. The van der Waals surface area contributed by atoms with Crippen molar-refractivity contribution >= 4 is 40.7 Å². The van der Waals surface area contributed by atoms with Crippen molar-refractivity contribution in [3.05, 3.63) is 48.0 Å². The molecule has 36 heavy (non-hydrogen) atoms. The quantitative estimate of drug-likeness (QED) is 0.443. The van der Waals surface area contributed by atoms with Gasteiger partial charge in [0.05, 0.1) is 29.2 Å². The molecule has 0 spiro atoms. The van der Waals surface area contributed by atoms with E-state index < -0.39 is 57.1 Å². The van der Waals surface area contributed by atoms with Gasteiger partial charge in [-0.3, -0.25) is 9.59 Å². The van der Waals surface area contributed by atoms with Gasteiger partial charge in [-0.2, -0.15) is 0 Å². The highest BCUT2D eigenvalue weighted by Gasteiger charge is 2.77. The number of fused-ring (bicyclic) bond motifs is 5. The van der Waals surface area contributed by atoms with Gasteiger partial charge < -0.3 is 19.4 Å². The minimum atomic E-state index is -1.66. The smallest absolute Gasteiger partial charge is 0.375 e. The number of carbonyl (C=O) groups is 3. The lowest BCUT2D eigenvalue weighted by molar-refractivity contribution is -0.187. The van der Waals surface area contributed by atoms with Crippen LogP contribution in [0.4, 0.5) is 0 Å². The Labute approximate surface area is 219 Å². The zero-order chi connectivity index (χ0) is 26.3. The maximum atomic E-state index is 13.6. The van der Waals surface area contributed by atoms with Gasteiger partial charge in [0, 0.05) is 22.7 Å². The summed E-state index contributed by atoms with van der Waals surface area (Å²) >= 11 is 13.5. The zero-order valence-electron chi connectivity index (χ0n) is 20.4. The number of rotatable bonds is 4. The topological polar surface area (TPSA) is 114 Å². The Hall–Kier alpha value is -1.93. The van der Waals surface area contributed by atoms with E-state index >= 15 is 0 Å². The minimum absolute atomic E-state index is 0.0352. The molecule has 194 valence electrons. The predicted octanol–water partition coefficient (Wildman–Crippen LogP) is 3.84. The number of hydrogen-bond acceptors (Lipinski definition) is 7. The van der Waals surface area contributed by atoms with Crippen LogP contribution in [0.15, 0.2) is 46.6 Å². The van der Waals surface area contributed by atoms with Crippen LogP contribution in [0, 0.1) is 28.6 Å². The molecule has 2 N–H and O–H groups in total. The molecule has 0 aliphatic heterocycles. The van der Waals surface area contributed by atoms with Gasteiger partial charge in [-0.25, -0.2) is 4.79 Å². The number of Topliss-reactive ketones (excluding diaryl/α,β-unsaturated/α-hetero) is 1. The molecule has 1 aromatic heterocycles. The number of alkyl halides is 2. The van der Waals surface area contributed by atoms with Gasteiger partial charge in [-0.1, -0.05) is 32.4 Å². The number of aliphatic hydroxyl groups excluding tert-OH is 2. The number of halogens is 2. The Kier molecular flexibility index (Phi) is 5.92. The van der Waals surface area contributed by atoms with E-state index in [0.29, 0.717) is 12.0 Å². The van der Waals surface area contributed by atoms with Gasteiger partial charge in [0.25, 0.3) is 0 Å². The first kappa shape index (κ1) is 25.7. The Bertz CT molecular complexity index is 1170. The number of hydrogen-bond donors (Lipinski definition) is 2. The third-order valence-corrected chi connectivity index (χ3v) is 10.8. The highest BCUT2D eigenvalue weighted by Crippen LogP contribution is 2.72. The van der Waals surface area contributed by atoms with E-state index in [4.69, 9.17) is 32.4 Å². The molecule has 7 nitrogen and oxygen atoms in total. The summed E-state index contributed by atoms with van der Waals surface area (Å²) in [6, 6.07) is 3.00. The van der Waals surface area contributed by atoms with E-state index in [2.05, 4.69) is 0 Å². The van der Waals surface area contributed by atoms with E-state index in [-0.39, 0.29) is 36.2 Å². The van der Waals surface area contributed by atoms with Crippen LogP contribution in [0.2, 0.25) is 0 Å². The van der Waals surface area contributed by atoms with Crippen molar-refractivity contribution in [1.29, 1.82) is 0 Å². The summed E-state index contributed by atoms with van der Waals surface area (Å²) in [7, 11) is 0. The van der Waals surface area contributed by atoms with Crippen LogP contribution in [0.25, 0.3) is 0 Å². The zero-order valence-corrected chi connectivity index (χ0v) is 21.9. The molecule has 1 aromatic rings. The molecule has 3 saturated carbocycles. The van der Waals surface area contributed by atoms with Crippen LogP contribution in [-0.4, -0.2) is 56.3 Å². The monoisotopic (exact) mass is 536 g/mol. The Balaban J connectivity index is 1.65. The lowest BCUT2D eigenvalue weighted by Crippen LogP contribution is -2.72. The first-order chi connectivity index (χ1) is 16.9. The van der Waals surface area contributed by atoms with Gasteiger partial charge >= 0.3 is 5.97 Å². The fourth-order valence-electron chi connectivity index (χ4n) is 8.08. The molecule has 0 saturated heterocycles. The Morgan fingerprint density at radius 3 is 2.64 bits per heavy atom. The SMILES string of the molecule is C[C@@H]1C[C@H]2[C@@H]3C(O)CC4=CC(=O)C=C[C@]4(C)[C@@]3(Cl)[C@@H](O)C[C@]2(C)[C@@]1(OC(=O)c1ccco1)C(=O)CCl. The molecule has 9 heteroatoms. The molecule has 0 aromatic carbocycles. The molecule has 3 fully saturated rings. The van der Waals surface area contributed by atoms with E-state index in [1.54, 1.807) is 12.1 Å². The standard InChI is InChI=1S/C27H30Cl2O7/c1-14-9-17-22-18(31)11-15-10-16(30)6-7-24(15,2)26(22,29)20(32)12-25(17,3)27(14,21(33)13-28)36-23(34)19-5-4-8-35-19/h4-8,10,14,17-18,20,22,31-32H,9,11-13H2,1-3H3/t14-,17+,18?,20+,22-,24+,25+,26-,27+/m1/s1. The molecule has 1 heterocycles. The molecular weight excluding hydrogens is 507 g/mol. The normalized spacial score (nSPS) is 45.4. The van der Waals surface area contributed by atoms with E-state index in [1.165, 1.54) is 24.5 Å². The first-order valence-electron chi connectivity index (χ1n) is 12.2. The molecule has 0 amide bonds. The van der Waals surface area contributed by atoms with Gasteiger partial charge in [-0.15, -0.1) is 23.2 Å². The summed E-state index contributed by atoms with van der Waals surface area (Å²) in [6.45, 7) is 5.53. The number of furan rings is 1. The molecule has 4 aliphatic carbocycles. The van der Waals surface area contributed by atoms with Crippen molar-refractivity contribution in [1.82, 2.24) is 0 Å². The van der Waals surface area contributed by atoms with Gasteiger partial charge in [0.2, 0.25) is 5.76 Å².